The van der Waals surface area contributed by atoms with Gasteiger partial charge in [0.1, 0.15) is 6.61 Å². The van der Waals surface area contributed by atoms with E-state index in [4.69, 9.17) is 9.47 Å². The molecule has 0 radical (unpaired) electrons. The van der Waals surface area contributed by atoms with Crippen LogP contribution >= 0.6 is 0 Å². The quantitative estimate of drug-likeness (QED) is 0.797. The molecular weight excluding hydrogens is 322 g/mol. The van der Waals surface area contributed by atoms with Crippen molar-refractivity contribution in [3.05, 3.63) is 59.7 Å². The normalized spacial score (nSPS) is 10.2. The van der Waals surface area contributed by atoms with Crippen molar-refractivity contribution in [1.29, 1.82) is 0 Å². The van der Waals surface area contributed by atoms with Crippen molar-refractivity contribution >= 4 is 11.9 Å². The number of carboxylic acid groups (broad SMARTS) is 1. The number of hydrogen-bond donors (Lipinski definition) is 1. The molecule has 0 atom stereocenters. The van der Waals surface area contributed by atoms with E-state index in [1.807, 2.05) is 12.1 Å². The summed E-state index contributed by atoms with van der Waals surface area (Å²) in [5.74, 6) is 0.0387. The Bertz CT molecular complexity index is 744. The van der Waals surface area contributed by atoms with Crippen LogP contribution in [0.25, 0.3) is 0 Å². The van der Waals surface area contributed by atoms with Gasteiger partial charge >= 0.3 is 5.97 Å². The number of carbonyl (C=O) groups is 2. The van der Waals surface area contributed by atoms with Gasteiger partial charge in [0.2, 0.25) is 5.91 Å². The van der Waals surface area contributed by atoms with Gasteiger partial charge < -0.3 is 19.5 Å². The van der Waals surface area contributed by atoms with Crippen LogP contribution in [-0.2, 0) is 11.2 Å². The summed E-state index contributed by atoms with van der Waals surface area (Å²) in [5.41, 5.74) is 0.645. The van der Waals surface area contributed by atoms with E-state index >= 15 is 0 Å². The average Bonchev–Trinajstić information content (AvgIpc) is 2.62. The maximum Gasteiger partial charge on any atom is 0.335 e. The van der Waals surface area contributed by atoms with Crippen LogP contribution in [0.1, 0.15) is 15.9 Å². The molecule has 0 aliphatic heterocycles. The van der Waals surface area contributed by atoms with E-state index < -0.39 is 5.97 Å². The molecule has 0 bridgehead atoms. The predicted molar refractivity (Wildman–Crippen MR) is 93.2 cm³/mol. The Hall–Kier alpha value is -3.02. The molecule has 0 aliphatic carbocycles. The monoisotopic (exact) mass is 343 g/mol. The van der Waals surface area contributed by atoms with E-state index in [0.717, 1.165) is 0 Å². The third-order valence-corrected chi connectivity index (χ3v) is 3.77. The first-order valence-corrected chi connectivity index (χ1v) is 7.84. The Morgan fingerprint density at radius 2 is 1.68 bits per heavy atom. The van der Waals surface area contributed by atoms with E-state index in [1.54, 1.807) is 44.5 Å². The molecule has 25 heavy (non-hydrogen) atoms. The first kappa shape index (κ1) is 18.3. The van der Waals surface area contributed by atoms with Crippen molar-refractivity contribution in [2.45, 2.75) is 6.42 Å². The zero-order chi connectivity index (χ0) is 18.2. The highest BCUT2D eigenvalue weighted by atomic mass is 16.5. The van der Waals surface area contributed by atoms with Crippen LogP contribution in [0.2, 0.25) is 0 Å². The number of methoxy groups -OCH3 is 1. The zero-order valence-corrected chi connectivity index (χ0v) is 14.3. The van der Waals surface area contributed by atoms with E-state index in [0.29, 0.717) is 30.2 Å². The predicted octanol–water partition coefficient (Wildman–Crippen LogP) is 2.47. The number of carbonyl (C=O) groups excluding carboxylic acids is 1. The summed E-state index contributed by atoms with van der Waals surface area (Å²) in [6.07, 6.45) is 0.0353. The highest BCUT2D eigenvalue weighted by Crippen LogP contribution is 2.25. The van der Waals surface area contributed by atoms with E-state index in [9.17, 15) is 14.7 Å². The second-order valence-electron chi connectivity index (χ2n) is 5.45. The van der Waals surface area contributed by atoms with Crippen molar-refractivity contribution in [3.8, 4) is 11.5 Å². The minimum atomic E-state index is -1.04. The zero-order valence-electron chi connectivity index (χ0n) is 14.3. The summed E-state index contributed by atoms with van der Waals surface area (Å²) in [4.78, 5) is 25.0. The Morgan fingerprint density at radius 1 is 1.04 bits per heavy atom. The van der Waals surface area contributed by atoms with Crippen molar-refractivity contribution in [2.24, 2.45) is 0 Å². The Labute approximate surface area is 146 Å². The maximum atomic E-state index is 12.3. The summed E-state index contributed by atoms with van der Waals surface area (Å²) < 4.78 is 10.9. The number of carboxylic acids is 1. The first-order chi connectivity index (χ1) is 12.0. The largest absolute Gasteiger partial charge is 0.493 e. The molecule has 0 saturated carbocycles. The van der Waals surface area contributed by atoms with Gasteiger partial charge in [-0.25, -0.2) is 4.79 Å². The molecule has 0 heterocycles. The van der Waals surface area contributed by atoms with Gasteiger partial charge in [0, 0.05) is 7.05 Å². The molecular formula is C19H21NO5. The number of likely N-dealkylation sites (N-methyl/N-ethyl adjacent to an activating group) is 1. The molecule has 1 N–H and O–H groups in total. The summed E-state index contributed by atoms with van der Waals surface area (Å²) >= 11 is 0. The molecule has 0 unspecified atom stereocenters. The van der Waals surface area contributed by atoms with Crippen molar-refractivity contribution in [3.63, 3.8) is 0 Å². The van der Waals surface area contributed by atoms with Gasteiger partial charge in [-0.3, -0.25) is 4.79 Å². The molecule has 2 aromatic rings. The second-order valence-corrected chi connectivity index (χ2v) is 5.45. The number of rotatable bonds is 8. The van der Waals surface area contributed by atoms with Crippen molar-refractivity contribution in [2.75, 3.05) is 27.3 Å². The maximum absolute atomic E-state index is 12.3. The molecule has 0 aromatic heterocycles. The fourth-order valence-electron chi connectivity index (χ4n) is 2.34. The third kappa shape index (κ3) is 4.97. The van der Waals surface area contributed by atoms with Crippen LogP contribution in [0.3, 0.4) is 0 Å². The Morgan fingerprint density at radius 3 is 2.36 bits per heavy atom. The molecule has 6 nitrogen and oxygen atoms in total. The van der Waals surface area contributed by atoms with Gasteiger partial charge in [-0.15, -0.1) is 0 Å². The van der Waals surface area contributed by atoms with Crippen LogP contribution < -0.4 is 9.47 Å². The van der Waals surface area contributed by atoms with Gasteiger partial charge in [0.25, 0.3) is 0 Å². The number of benzene rings is 2. The minimum absolute atomic E-state index is 0.0353. The summed E-state index contributed by atoms with van der Waals surface area (Å²) in [5, 5.41) is 9.18. The number of hydrogen-bond acceptors (Lipinski definition) is 4. The molecule has 1 amide bonds. The first-order valence-electron chi connectivity index (χ1n) is 7.84. The average molecular weight is 343 g/mol. The molecule has 0 fully saturated rings. The van der Waals surface area contributed by atoms with E-state index in [1.165, 1.54) is 11.0 Å². The lowest BCUT2D eigenvalue weighted by Crippen LogP contribution is -2.32. The van der Waals surface area contributed by atoms with E-state index in [2.05, 4.69) is 0 Å². The van der Waals surface area contributed by atoms with Crippen LogP contribution in [0, 0.1) is 0 Å². The van der Waals surface area contributed by atoms with Crippen LogP contribution in [0.5, 0.6) is 11.5 Å². The minimum Gasteiger partial charge on any atom is -0.493 e. The summed E-state index contributed by atoms with van der Waals surface area (Å²) in [6.45, 7) is 0.690. The third-order valence-electron chi connectivity index (χ3n) is 3.77. The fraction of sp³-hybridized carbons (Fsp3) is 0.263. The van der Waals surface area contributed by atoms with Gasteiger partial charge in [0.05, 0.1) is 25.6 Å². The number of aromatic carboxylic acids is 1. The van der Waals surface area contributed by atoms with Gasteiger partial charge in [-0.2, -0.15) is 0 Å². The molecule has 6 heteroatoms. The van der Waals surface area contributed by atoms with Gasteiger partial charge in [0.15, 0.2) is 11.5 Å². The van der Waals surface area contributed by atoms with Gasteiger partial charge in [-0.05, 0) is 23.8 Å². The standard InChI is InChI=1S/C19H21NO5/c1-20(11-12-25-17-10-6-5-9-16(17)24-2)18(21)13-14-7-3-4-8-15(14)19(22)23/h3-10H,11-13H2,1-2H3,(H,22,23). The lowest BCUT2D eigenvalue weighted by atomic mass is 10.0. The topological polar surface area (TPSA) is 76.1 Å². The number of amides is 1. The molecule has 0 spiro atoms. The van der Waals surface area contributed by atoms with E-state index in [-0.39, 0.29) is 17.9 Å². The molecule has 2 aromatic carbocycles. The summed E-state index contributed by atoms with van der Waals surface area (Å²) in [7, 11) is 3.23. The molecule has 132 valence electrons. The SMILES string of the molecule is COc1ccccc1OCCN(C)C(=O)Cc1ccccc1C(=O)O. The molecule has 0 aliphatic rings. The highest BCUT2D eigenvalue weighted by Gasteiger charge is 2.15. The van der Waals surface area contributed by atoms with Crippen LogP contribution in [-0.4, -0.2) is 49.2 Å². The molecule has 2 rings (SSSR count). The lowest BCUT2D eigenvalue weighted by molar-refractivity contribution is -0.129. The number of para-hydroxylation sites is 2. The van der Waals surface area contributed by atoms with Crippen molar-refractivity contribution < 1.29 is 24.2 Å². The van der Waals surface area contributed by atoms with Gasteiger partial charge in [-0.1, -0.05) is 30.3 Å². The fourth-order valence-corrected chi connectivity index (χ4v) is 2.34. The number of ether oxygens (including phenoxy) is 2. The summed E-state index contributed by atoms with van der Waals surface area (Å²) in [6, 6.07) is 13.8. The second kappa shape index (κ2) is 8.73. The Kier molecular flexibility index (Phi) is 6.39. The van der Waals surface area contributed by atoms with Crippen LogP contribution in [0.15, 0.2) is 48.5 Å². The van der Waals surface area contributed by atoms with Crippen LogP contribution in [0.4, 0.5) is 0 Å². The lowest BCUT2D eigenvalue weighted by Gasteiger charge is -2.18. The highest BCUT2D eigenvalue weighted by molar-refractivity contribution is 5.91. The Balaban J connectivity index is 1.90. The smallest absolute Gasteiger partial charge is 0.335 e. The molecule has 0 saturated heterocycles. The number of nitrogens with zero attached hydrogens (tertiary/aromatic N) is 1. The van der Waals surface area contributed by atoms with Crippen molar-refractivity contribution in [1.82, 2.24) is 4.90 Å².